The number of aromatic nitrogens is 1. The van der Waals surface area contributed by atoms with E-state index in [0.29, 0.717) is 18.0 Å². The molecule has 1 heterocycles. The van der Waals surface area contributed by atoms with Gasteiger partial charge in [-0.05, 0) is 24.3 Å². The zero-order valence-electron chi connectivity index (χ0n) is 8.85. The molecule has 0 saturated carbocycles. The lowest BCUT2D eigenvalue weighted by molar-refractivity contribution is -0.118. The van der Waals surface area contributed by atoms with E-state index < -0.39 is 0 Å². The molecule has 0 spiro atoms. The first kappa shape index (κ1) is 12.8. The van der Waals surface area contributed by atoms with E-state index in [1.165, 1.54) is 11.8 Å². The van der Waals surface area contributed by atoms with Crippen molar-refractivity contribution in [1.29, 1.82) is 0 Å². The van der Waals surface area contributed by atoms with Gasteiger partial charge < -0.3 is 5.11 Å². The smallest absolute Gasteiger partial charge is 0.248 e. The van der Waals surface area contributed by atoms with Crippen LogP contribution in [0, 0.1) is 0 Å². The van der Waals surface area contributed by atoms with Crippen LogP contribution in [0.15, 0.2) is 24.4 Å². The van der Waals surface area contributed by atoms with E-state index in [4.69, 9.17) is 5.11 Å². The lowest BCUT2D eigenvalue weighted by Crippen LogP contribution is -2.31. The van der Waals surface area contributed by atoms with Crippen molar-refractivity contribution in [3.8, 4) is 0 Å². The zero-order valence-corrected chi connectivity index (χ0v) is 9.67. The molecule has 0 aliphatic heterocycles. The zero-order chi connectivity index (χ0) is 11.6. The molecule has 0 fully saturated rings. The van der Waals surface area contributed by atoms with Crippen molar-refractivity contribution in [2.75, 3.05) is 23.5 Å². The first-order valence-corrected chi connectivity index (χ1v) is 6.13. The summed E-state index contributed by atoms with van der Waals surface area (Å²) >= 11 is 1.49. The predicted molar refractivity (Wildman–Crippen MR) is 65.0 cm³/mol. The van der Waals surface area contributed by atoms with Crippen LogP contribution in [0.2, 0.25) is 0 Å². The van der Waals surface area contributed by atoms with Gasteiger partial charge >= 0.3 is 0 Å². The number of carbonyl (C=O) groups excluding carboxylic acids is 1. The second-order valence-corrected chi connectivity index (χ2v) is 4.12. The number of hydrogen-bond donors (Lipinski definition) is 3. The quantitative estimate of drug-likeness (QED) is 0.482. The van der Waals surface area contributed by atoms with Crippen LogP contribution >= 0.6 is 11.8 Å². The topological polar surface area (TPSA) is 74.2 Å². The fourth-order valence-corrected chi connectivity index (χ4v) is 1.67. The maximum absolute atomic E-state index is 11.3. The molecule has 0 saturated heterocycles. The summed E-state index contributed by atoms with van der Waals surface area (Å²) in [5.74, 6) is 1.66. The number of nitrogens with zero attached hydrogens (tertiary/aromatic N) is 1. The number of hydrogen-bond acceptors (Lipinski definition) is 5. The van der Waals surface area contributed by atoms with Crippen molar-refractivity contribution in [2.24, 2.45) is 0 Å². The maximum Gasteiger partial charge on any atom is 0.248 e. The fraction of sp³-hybridized carbons (Fsp3) is 0.400. The molecule has 0 aliphatic carbocycles. The highest BCUT2D eigenvalue weighted by atomic mass is 32.2. The number of amides is 1. The summed E-state index contributed by atoms with van der Waals surface area (Å²) in [4.78, 5) is 15.3. The molecule has 6 heteroatoms. The summed E-state index contributed by atoms with van der Waals surface area (Å²) in [5.41, 5.74) is 5.25. The Morgan fingerprint density at radius 3 is 3.06 bits per heavy atom. The van der Waals surface area contributed by atoms with Gasteiger partial charge in [0.2, 0.25) is 5.91 Å². The molecule has 1 amide bonds. The van der Waals surface area contributed by atoms with E-state index in [1.54, 1.807) is 18.3 Å². The van der Waals surface area contributed by atoms with Crippen LogP contribution in [-0.2, 0) is 4.79 Å². The van der Waals surface area contributed by atoms with Gasteiger partial charge in [-0.15, -0.1) is 0 Å². The Hall–Kier alpha value is -1.27. The molecule has 0 aliphatic rings. The van der Waals surface area contributed by atoms with E-state index >= 15 is 0 Å². The van der Waals surface area contributed by atoms with Gasteiger partial charge in [0, 0.05) is 12.8 Å². The second-order valence-electron chi connectivity index (χ2n) is 3.02. The van der Waals surface area contributed by atoms with E-state index in [-0.39, 0.29) is 12.5 Å². The van der Waals surface area contributed by atoms with Crippen LogP contribution in [0.3, 0.4) is 0 Å². The van der Waals surface area contributed by atoms with Crippen molar-refractivity contribution in [1.82, 2.24) is 10.4 Å². The third-order valence-electron chi connectivity index (χ3n) is 1.67. The molecule has 0 radical (unpaired) electrons. The number of rotatable bonds is 7. The van der Waals surface area contributed by atoms with Gasteiger partial charge in [-0.1, -0.05) is 6.07 Å². The molecule has 3 N–H and O–H groups in total. The van der Waals surface area contributed by atoms with Gasteiger partial charge in [0.15, 0.2) is 0 Å². The van der Waals surface area contributed by atoms with Gasteiger partial charge in [0.25, 0.3) is 0 Å². The summed E-state index contributed by atoms with van der Waals surface area (Å²) in [6.45, 7) is 0.167. The van der Waals surface area contributed by atoms with Crippen molar-refractivity contribution in [2.45, 2.75) is 6.42 Å². The monoisotopic (exact) mass is 241 g/mol. The van der Waals surface area contributed by atoms with Crippen molar-refractivity contribution in [3.63, 3.8) is 0 Å². The van der Waals surface area contributed by atoms with Crippen LogP contribution in [0.4, 0.5) is 5.82 Å². The summed E-state index contributed by atoms with van der Waals surface area (Å²) in [6, 6.07) is 5.40. The normalized spacial score (nSPS) is 9.81. The number of pyridine rings is 1. The number of aliphatic hydroxyl groups is 1. The number of thioether (sulfide) groups is 1. The van der Waals surface area contributed by atoms with Gasteiger partial charge in [0.1, 0.15) is 5.82 Å². The Morgan fingerprint density at radius 1 is 1.50 bits per heavy atom. The van der Waals surface area contributed by atoms with Crippen LogP contribution in [0.25, 0.3) is 0 Å². The third-order valence-corrected chi connectivity index (χ3v) is 2.72. The largest absolute Gasteiger partial charge is 0.396 e. The summed E-state index contributed by atoms with van der Waals surface area (Å²) in [7, 11) is 0. The van der Waals surface area contributed by atoms with Gasteiger partial charge in [0.05, 0.1) is 5.75 Å². The van der Waals surface area contributed by atoms with Crippen LogP contribution in [0.1, 0.15) is 6.42 Å². The number of carbonyl (C=O) groups is 1. The molecular weight excluding hydrogens is 226 g/mol. The Balaban J connectivity index is 2.11. The van der Waals surface area contributed by atoms with Gasteiger partial charge in [-0.2, -0.15) is 11.8 Å². The molecule has 1 rings (SSSR count). The molecule has 0 aromatic carbocycles. The van der Waals surface area contributed by atoms with Crippen LogP contribution < -0.4 is 10.9 Å². The van der Waals surface area contributed by atoms with Crippen molar-refractivity contribution >= 4 is 23.5 Å². The number of nitrogens with one attached hydrogen (secondary N) is 2. The lowest BCUT2D eigenvalue weighted by Gasteiger charge is -2.06. The van der Waals surface area contributed by atoms with Gasteiger partial charge in [-0.3, -0.25) is 15.6 Å². The minimum atomic E-state index is -0.103. The Kier molecular flexibility index (Phi) is 6.36. The number of anilines is 1. The van der Waals surface area contributed by atoms with E-state index in [0.717, 1.165) is 5.75 Å². The molecule has 1 aromatic heterocycles. The molecule has 0 atom stereocenters. The highest BCUT2D eigenvalue weighted by Gasteiger charge is 2.00. The first-order chi connectivity index (χ1) is 7.83. The molecule has 5 nitrogen and oxygen atoms in total. The minimum Gasteiger partial charge on any atom is -0.396 e. The Morgan fingerprint density at radius 2 is 2.38 bits per heavy atom. The first-order valence-electron chi connectivity index (χ1n) is 4.97. The number of aliphatic hydroxyl groups excluding tert-OH is 1. The summed E-state index contributed by atoms with van der Waals surface area (Å²) in [6.07, 6.45) is 2.36. The van der Waals surface area contributed by atoms with Crippen molar-refractivity contribution < 1.29 is 9.90 Å². The molecule has 0 bridgehead atoms. The summed E-state index contributed by atoms with van der Waals surface area (Å²) in [5, 5.41) is 8.55. The molecule has 1 aromatic rings. The molecular formula is C10H15N3O2S. The highest BCUT2D eigenvalue weighted by Crippen LogP contribution is 2.01. The van der Waals surface area contributed by atoms with E-state index in [9.17, 15) is 4.79 Å². The van der Waals surface area contributed by atoms with Crippen LogP contribution in [0.5, 0.6) is 0 Å². The third kappa shape index (κ3) is 5.57. The molecule has 16 heavy (non-hydrogen) atoms. The average Bonchev–Trinajstić information content (AvgIpc) is 2.33. The van der Waals surface area contributed by atoms with E-state index in [2.05, 4.69) is 15.8 Å². The predicted octanol–water partition coefficient (Wildman–Crippen LogP) is 0.640. The van der Waals surface area contributed by atoms with Crippen LogP contribution in [-0.4, -0.2) is 34.1 Å². The SMILES string of the molecule is O=C(CSCCCO)NNc1ccccn1. The van der Waals surface area contributed by atoms with Crippen molar-refractivity contribution in [3.05, 3.63) is 24.4 Å². The Bertz CT molecular complexity index is 308. The average molecular weight is 241 g/mol. The fourth-order valence-electron chi connectivity index (χ4n) is 0.938. The van der Waals surface area contributed by atoms with E-state index in [1.807, 2.05) is 6.07 Å². The highest BCUT2D eigenvalue weighted by molar-refractivity contribution is 7.99. The minimum absolute atomic E-state index is 0.103. The Labute approximate surface area is 98.6 Å². The number of hydrazine groups is 1. The maximum atomic E-state index is 11.3. The molecule has 88 valence electrons. The van der Waals surface area contributed by atoms with Gasteiger partial charge in [-0.25, -0.2) is 4.98 Å². The second kappa shape index (κ2) is 7.95. The molecule has 0 unspecified atom stereocenters. The lowest BCUT2D eigenvalue weighted by atomic mass is 10.5. The summed E-state index contributed by atoms with van der Waals surface area (Å²) < 4.78 is 0. The standard InChI is InChI=1S/C10H15N3O2S/c14-6-3-7-16-8-10(15)13-12-9-4-1-2-5-11-9/h1-2,4-5,14H,3,6-8H2,(H,11,12)(H,13,15).